The molecule has 0 spiro atoms. The van der Waals surface area contributed by atoms with Crippen molar-refractivity contribution in [1.29, 1.82) is 0 Å². The highest BCUT2D eigenvalue weighted by molar-refractivity contribution is 6.33. The minimum Gasteiger partial charge on any atom is -0.394 e. The van der Waals surface area contributed by atoms with Crippen LogP contribution in [0.25, 0.3) is 0 Å². The standard InChI is InChI=1S/C26H36ClN3O4/c1-5-9-16-12-13-17-22(21(16)24(32)28-4)26(34)30(20(14-31)15(3)6-2)23(17)25(33)29-19-11-8-7-10-18(19)27/h7-8,10-13,15-17,20-23,31H,5-6,9,14H2,1-4H3,(H,28,32)(H,29,33)/t15-,16+,17-,20-,21+,22+,23-/m0/s1. The van der Waals surface area contributed by atoms with Gasteiger partial charge in [0, 0.05) is 13.0 Å². The summed E-state index contributed by atoms with van der Waals surface area (Å²) in [5.41, 5.74) is 0.459. The molecule has 34 heavy (non-hydrogen) atoms. The number of hydrogen-bond acceptors (Lipinski definition) is 4. The lowest BCUT2D eigenvalue weighted by molar-refractivity contribution is -0.143. The molecular formula is C26H36ClN3O4. The molecule has 1 aliphatic heterocycles. The molecule has 1 aliphatic carbocycles. The Morgan fingerprint density at radius 3 is 2.47 bits per heavy atom. The predicted molar refractivity (Wildman–Crippen MR) is 133 cm³/mol. The summed E-state index contributed by atoms with van der Waals surface area (Å²) >= 11 is 6.28. The molecule has 1 aromatic rings. The van der Waals surface area contributed by atoms with Gasteiger partial charge in [0.25, 0.3) is 0 Å². The van der Waals surface area contributed by atoms with Crippen molar-refractivity contribution < 1.29 is 19.5 Å². The third-order valence-corrected chi connectivity index (χ3v) is 7.79. The number of amides is 3. The fourth-order valence-electron chi connectivity index (χ4n) is 5.52. The Hall–Kier alpha value is -2.38. The Morgan fingerprint density at radius 1 is 1.18 bits per heavy atom. The number of hydrogen-bond donors (Lipinski definition) is 3. The molecule has 7 atom stereocenters. The fourth-order valence-corrected chi connectivity index (χ4v) is 5.70. The van der Waals surface area contributed by atoms with E-state index in [1.54, 1.807) is 36.2 Å². The number of anilines is 1. The molecule has 1 heterocycles. The summed E-state index contributed by atoms with van der Waals surface area (Å²) in [5.74, 6) is -2.64. The van der Waals surface area contributed by atoms with Gasteiger partial charge in [-0.25, -0.2) is 0 Å². The van der Waals surface area contributed by atoms with Crippen molar-refractivity contribution in [2.24, 2.45) is 29.6 Å². The van der Waals surface area contributed by atoms with E-state index in [0.29, 0.717) is 10.7 Å². The summed E-state index contributed by atoms with van der Waals surface area (Å²) in [7, 11) is 1.58. The molecule has 2 aliphatic rings. The Kier molecular flexibility index (Phi) is 8.77. The molecule has 0 unspecified atom stereocenters. The number of likely N-dealkylation sites (tertiary alicyclic amines) is 1. The van der Waals surface area contributed by atoms with E-state index >= 15 is 0 Å². The first-order chi connectivity index (χ1) is 16.3. The van der Waals surface area contributed by atoms with Crippen molar-refractivity contribution in [2.75, 3.05) is 19.0 Å². The van der Waals surface area contributed by atoms with Gasteiger partial charge in [-0.1, -0.05) is 69.5 Å². The van der Waals surface area contributed by atoms with Gasteiger partial charge in [0.05, 0.1) is 35.2 Å². The zero-order valence-corrected chi connectivity index (χ0v) is 21.1. The summed E-state index contributed by atoms with van der Waals surface area (Å²) < 4.78 is 0. The Labute approximate surface area is 206 Å². The van der Waals surface area contributed by atoms with E-state index in [4.69, 9.17) is 11.6 Å². The Balaban J connectivity index is 2.08. The lowest BCUT2D eigenvalue weighted by Gasteiger charge is -2.36. The molecular weight excluding hydrogens is 454 g/mol. The second-order valence-electron chi connectivity index (χ2n) is 9.38. The smallest absolute Gasteiger partial charge is 0.247 e. The van der Waals surface area contributed by atoms with Crippen molar-refractivity contribution in [3.05, 3.63) is 41.4 Å². The third-order valence-electron chi connectivity index (χ3n) is 7.46. The van der Waals surface area contributed by atoms with Crippen molar-refractivity contribution in [3.8, 4) is 0 Å². The van der Waals surface area contributed by atoms with Gasteiger partial charge in [0.15, 0.2) is 0 Å². The number of carbonyl (C=O) groups excluding carboxylic acids is 3. The van der Waals surface area contributed by atoms with E-state index in [1.807, 2.05) is 32.9 Å². The van der Waals surface area contributed by atoms with Crippen LogP contribution >= 0.6 is 11.6 Å². The van der Waals surface area contributed by atoms with Crippen LogP contribution in [-0.4, -0.2) is 53.5 Å². The summed E-state index contributed by atoms with van der Waals surface area (Å²) in [4.78, 5) is 42.2. The summed E-state index contributed by atoms with van der Waals surface area (Å²) in [6, 6.07) is 5.55. The number of carbonyl (C=O) groups is 3. The number of para-hydroxylation sites is 1. The van der Waals surface area contributed by atoms with Crippen molar-refractivity contribution in [2.45, 2.75) is 52.1 Å². The van der Waals surface area contributed by atoms with Gasteiger partial charge in [-0.15, -0.1) is 0 Å². The van der Waals surface area contributed by atoms with Crippen LogP contribution in [0.2, 0.25) is 5.02 Å². The van der Waals surface area contributed by atoms with Crippen LogP contribution in [0.15, 0.2) is 36.4 Å². The number of aliphatic hydroxyl groups excluding tert-OH is 1. The molecule has 1 aromatic carbocycles. The molecule has 0 aromatic heterocycles. The molecule has 3 N–H and O–H groups in total. The molecule has 0 saturated carbocycles. The lowest BCUT2D eigenvalue weighted by atomic mass is 9.68. The van der Waals surface area contributed by atoms with Crippen LogP contribution in [0, 0.1) is 29.6 Å². The Morgan fingerprint density at radius 2 is 1.88 bits per heavy atom. The van der Waals surface area contributed by atoms with Crippen molar-refractivity contribution in [3.63, 3.8) is 0 Å². The minimum absolute atomic E-state index is 0.0291. The van der Waals surface area contributed by atoms with E-state index in [-0.39, 0.29) is 36.2 Å². The van der Waals surface area contributed by atoms with E-state index in [0.717, 1.165) is 19.3 Å². The maximum absolute atomic E-state index is 14.0. The highest BCUT2D eigenvalue weighted by Gasteiger charge is 2.58. The van der Waals surface area contributed by atoms with Gasteiger partial charge < -0.3 is 20.6 Å². The predicted octanol–water partition coefficient (Wildman–Crippen LogP) is 3.48. The summed E-state index contributed by atoms with van der Waals surface area (Å²) in [5, 5.41) is 16.3. The average molecular weight is 490 g/mol. The number of nitrogens with one attached hydrogen (secondary N) is 2. The van der Waals surface area contributed by atoms with Crippen LogP contribution in [-0.2, 0) is 14.4 Å². The highest BCUT2D eigenvalue weighted by atomic mass is 35.5. The van der Waals surface area contributed by atoms with Crippen LogP contribution in [0.5, 0.6) is 0 Å². The van der Waals surface area contributed by atoms with Crippen molar-refractivity contribution in [1.82, 2.24) is 10.2 Å². The largest absolute Gasteiger partial charge is 0.394 e. The molecule has 3 amide bonds. The maximum atomic E-state index is 14.0. The maximum Gasteiger partial charge on any atom is 0.247 e. The second-order valence-corrected chi connectivity index (χ2v) is 9.78. The molecule has 1 saturated heterocycles. The lowest BCUT2D eigenvalue weighted by Crippen LogP contribution is -2.52. The quantitative estimate of drug-likeness (QED) is 0.462. The summed E-state index contributed by atoms with van der Waals surface area (Å²) in [6.45, 7) is 5.74. The number of aliphatic hydroxyl groups is 1. The fraction of sp³-hybridized carbons (Fsp3) is 0.577. The molecule has 7 nitrogen and oxygen atoms in total. The van der Waals surface area contributed by atoms with Gasteiger partial charge in [0.2, 0.25) is 17.7 Å². The van der Waals surface area contributed by atoms with E-state index in [9.17, 15) is 19.5 Å². The van der Waals surface area contributed by atoms with Crippen LogP contribution in [0.4, 0.5) is 5.69 Å². The molecule has 0 radical (unpaired) electrons. The number of rotatable bonds is 9. The van der Waals surface area contributed by atoms with E-state index in [1.165, 1.54) is 0 Å². The zero-order chi connectivity index (χ0) is 25.0. The molecule has 1 fully saturated rings. The number of fused-ring (bicyclic) bond motifs is 1. The number of benzene rings is 1. The van der Waals surface area contributed by atoms with E-state index in [2.05, 4.69) is 10.6 Å². The number of halogens is 1. The van der Waals surface area contributed by atoms with Gasteiger partial charge in [-0.3, -0.25) is 14.4 Å². The van der Waals surface area contributed by atoms with Crippen LogP contribution < -0.4 is 10.6 Å². The molecule has 0 bridgehead atoms. The van der Waals surface area contributed by atoms with Gasteiger partial charge in [-0.05, 0) is 30.4 Å². The highest BCUT2D eigenvalue weighted by Crippen LogP contribution is 2.46. The van der Waals surface area contributed by atoms with Crippen LogP contribution in [0.1, 0.15) is 40.0 Å². The molecule has 186 valence electrons. The monoisotopic (exact) mass is 489 g/mol. The normalized spacial score (nSPS) is 27.8. The third kappa shape index (κ3) is 4.86. The Bertz CT molecular complexity index is 936. The first kappa shape index (κ1) is 26.2. The summed E-state index contributed by atoms with van der Waals surface area (Å²) in [6.07, 6.45) is 6.31. The van der Waals surface area contributed by atoms with Gasteiger partial charge >= 0.3 is 0 Å². The first-order valence-electron chi connectivity index (χ1n) is 12.2. The van der Waals surface area contributed by atoms with Crippen LogP contribution in [0.3, 0.4) is 0 Å². The minimum atomic E-state index is -0.856. The second kappa shape index (κ2) is 11.4. The first-order valence-corrected chi connectivity index (χ1v) is 12.6. The topological polar surface area (TPSA) is 98.7 Å². The van der Waals surface area contributed by atoms with Gasteiger partial charge in [-0.2, -0.15) is 0 Å². The zero-order valence-electron chi connectivity index (χ0n) is 20.3. The average Bonchev–Trinajstić information content (AvgIpc) is 3.12. The number of nitrogens with zero attached hydrogens (tertiary/aromatic N) is 1. The molecule has 8 heteroatoms. The van der Waals surface area contributed by atoms with E-state index < -0.39 is 29.8 Å². The number of allylic oxidation sites excluding steroid dienone is 1. The van der Waals surface area contributed by atoms with Crippen molar-refractivity contribution >= 4 is 35.0 Å². The molecule has 3 rings (SSSR count). The van der Waals surface area contributed by atoms with Gasteiger partial charge in [0.1, 0.15) is 6.04 Å². The SMILES string of the molecule is CCC[C@@H]1C=C[C@H]2[C@@H](C(=O)N([C@@H](CO)[C@@H](C)CC)[C@@H]2C(=O)Nc2ccccc2Cl)[C@@H]1C(=O)NC.